The molecule has 5 heterocycles. The van der Waals surface area contributed by atoms with Crippen LogP contribution in [0.2, 0.25) is 5.15 Å². The average molecular weight is 480 g/mol. The van der Waals surface area contributed by atoms with Crippen molar-refractivity contribution in [2.24, 2.45) is 0 Å². The van der Waals surface area contributed by atoms with Crippen LogP contribution in [0.1, 0.15) is 38.5 Å². The lowest BCUT2D eigenvalue weighted by molar-refractivity contribution is 0.0287. The molecule has 2 aromatic heterocycles. The highest BCUT2D eigenvalue weighted by Crippen LogP contribution is 2.41. The lowest BCUT2D eigenvalue weighted by atomic mass is 9.89. The van der Waals surface area contributed by atoms with Crippen LogP contribution in [0.4, 0.5) is 14.6 Å². The van der Waals surface area contributed by atoms with Gasteiger partial charge in [0.05, 0.1) is 16.5 Å². The van der Waals surface area contributed by atoms with E-state index in [0.717, 1.165) is 25.8 Å². The maximum atomic E-state index is 14.9. The van der Waals surface area contributed by atoms with Gasteiger partial charge in [-0.1, -0.05) is 17.7 Å². The summed E-state index contributed by atoms with van der Waals surface area (Å²) in [7, 11) is 0. The Morgan fingerprint density at radius 3 is 2.94 bits per heavy atom. The molecule has 10 heteroatoms. The number of aliphatic hydroxyl groups is 1. The molecule has 3 saturated heterocycles. The van der Waals surface area contributed by atoms with Gasteiger partial charge in [0.15, 0.2) is 11.0 Å². The summed E-state index contributed by atoms with van der Waals surface area (Å²) in [4.78, 5) is 16.9. The molecule has 1 unspecified atom stereocenters. The van der Waals surface area contributed by atoms with Crippen LogP contribution in [-0.2, 0) is 0 Å². The average Bonchev–Trinajstić information content (AvgIpc) is 3.30. The van der Waals surface area contributed by atoms with Crippen LogP contribution < -0.4 is 9.64 Å². The van der Waals surface area contributed by atoms with Crippen molar-refractivity contribution < 1.29 is 18.6 Å². The maximum absolute atomic E-state index is 14.9. The molecule has 3 aliphatic heterocycles. The highest BCUT2D eigenvalue weighted by Gasteiger charge is 2.49. The topological polar surface area (TPSA) is 74.6 Å². The Morgan fingerprint density at radius 2 is 2.12 bits per heavy atom. The first kappa shape index (κ1) is 22.7. The van der Waals surface area contributed by atoms with Gasteiger partial charge in [-0.15, -0.1) is 6.58 Å². The number of aromatic nitrogens is 3. The number of ether oxygens (including phenoxy) is 1. The second kappa shape index (κ2) is 8.60. The zero-order chi connectivity index (χ0) is 23.2. The lowest BCUT2D eigenvalue weighted by Crippen LogP contribution is -2.48. The largest absolute Gasteiger partial charge is 0.461 e. The first-order chi connectivity index (χ1) is 15.8. The van der Waals surface area contributed by atoms with Gasteiger partial charge in [-0.25, -0.2) is 13.8 Å². The summed E-state index contributed by atoms with van der Waals surface area (Å²) in [6.07, 6.45) is 6.35. The molecule has 0 saturated carbocycles. The van der Waals surface area contributed by atoms with E-state index in [4.69, 9.17) is 16.3 Å². The summed E-state index contributed by atoms with van der Waals surface area (Å²) in [5, 5.41) is 11.1. The number of alkyl halides is 1. The Bertz CT molecular complexity index is 1070. The van der Waals surface area contributed by atoms with Gasteiger partial charge in [-0.05, 0) is 38.6 Å². The normalized spacial score (nSPS) is 30.1. The van der Waals surface area contributed by atoms with Gasteiger partial charge >= 0.3 is 6.01 Å². The van der Waals surface area contributed by atoms with Gasteiger partial charge < -0.3 is 14.7 Å². The summed E-state index contributed by atoms with van der Waals surface area (Å²) in [6, 6.07) is 0.0139. The van der Waals surface area contributed by atoms with Gasteiger partial charge in [-0.2, -0.15) is 9.97 Å². The highest BCUT2D eigenvalue weighted by molar-refractivity contribution is 6.30. The molecule has 0 radical (unpaired) electrons. The summed E-state index contributed by atoms with van der Waals surface area (Å²) >= 11 is 5.93. The Morgan fingerprint density at radius 1 is 1.30 bits per heavy atom. The number of hydrogen-bond donors (Lipinski definition) is 1. The minimum atomic E-state index is -0.944. The predicted molar refractivity (Wildman–Crippen MR) is 122 cm³/mol. The second-order valence-corrected chi connectivity index (χ2v) is 9.92. The lowest BCUT2D eigenvalue weighted by Gasteiger charge is -2.39. The number of halogens is 3. The van der Waals surface area contributed by atoms with Crippen molar-refractivity contribution in [1.29, 1.82) is 0 Å². The third-order valence-electron chi connectivity index (χ3n) is 7.21. The van der Waals surface area contributed by atoms with E-state index in [1.165, 1.54) is 6.20 Å². The molecule has 0 bridgehead atoms. The van der Waals surface area contributed by atoms with Crippen LogP contribution >= 0.6 is 11.6 Å². The number of anilines is 1. The van der Waals surface area contributed by atoms with Gasteiger partial charge in [0.1, 0.15) is 24.1 Å². The van der Waals surface area contributed by atoms with Crippen molar-refractivity contribution in [3.8, 4) is 6.01 Å². The zero-order valence-electron chi connectivity index (χ0n) is 18.4. The molecule has 0 amide bonds. The third-order valence-corrected chi connectivity index (χ3v) is 7.47. The van der Waals surface area contributed by atoms with Crippen molar-refractivity contribution in [2.45, 2.75) is 55.8 Å². The van der Waals surface area contributed by atoms with E-state index in [1.807, 2.05) is 4.90 Å². The standard InChI is InChI=1S/C23H28ClF2N5O2/c1-2-5-23(32)7-4-8-30(13-23)20-16-11-27-19(24)17(26)18(16)28-21(29-20)33-14-22-6-3-9-31(22)12-15(25)10-22/h2,11,15,32H,1,3-10,12-14H2/t15-,22+,23?/m1/s1. The Balaban J connectivity index is 1.50. The van der Waals surface area contributed by atoms with Crippen molar-refractivity contribution in [1.82, 2.24) is 19.9 Å². The molecule has 3 aliphatic rings. The van der Waals surface area contributed by atoms with Crippen molar-refractivity contribution >= 4 is 28.3 Å². The van der Waals surface area contributed by atoms with E-state index < -0.39 is 17.6 Å². The number of β-amino-alcohol motifs (C(OH)–C–C–N with tert-alkyl or cyclic N) is 1. The Labute approximate surface area is 196 Å². The first-order valence-corrected chi connectivity index (χ1v) is 11.8. The minimum Gasteiger partial charge on any atom is -0.461 e. The summed E-state index contributed by atoms with van der Waals surface area (Å²) in [5.74, 6) is -0.304. The molecule has 2 aromatic rings. The second-order valence-electron chi connectivity index (χ2n) is 9.56. The van der Waals surface area contributed by atoms with Crippen molar-refractivity contribution in [2.75, 3.05) is 37.7 Å². The summed E-state index contributed by atoms with van der Waals surface area (Å²) in [6.45, 7) is 6.20. The Hall–Kier alpha value is -2.10. The highest BCUT2D eigenvalue weighted by atomic mass is 35.5. The molecule has 3 fully saturated rings. The van der Waals surface area contributed by atoms with Gasteiger partial charge in [-0.3, -0.25) is 4.90 Å². The first-order valence-electron chi connectivity index (χ1n) is 11.4. The SMILES string of the molecule is C=CCC1(O)CCCN(c2nc(OC[C@@]34CCCN3C[C@H](F)C4)nc3c(F)c(Cl)ncc23)C1. The molecule has 0 spiro atoms. The number of fused-ring (bicyclic) bond motifs is 2. The molecule has 7 nitrogen and oxygen atoms in total. The molecular weight excluding hydrogens is 452 g/mol. The van der Waals surface area contributed by atoms with E-state index in [0.29, 0.717) is 50.1 Å². The molecule has 5 rings (SSSR count). The smallest absolute Gasteiger partial charge is 0.319 e. The number of nitrogens with zero attached hydrogens (tertiary/aromatic N) is 5. The van der Waals surface area contributed by atoms with E-state index in [9.17, 15) is 13.9 Å². The van der Waals surface area contributed by atoms with E-state index in [2.05, 4.69) is 26.4 Å². The van der Waals surface area contributed by atoms with Crippen LogP contribution in [0.25, 0.3) is 10.9 Å². The molecule has 178 valence electrons. The maximum Gasteiger partial charge on any atom is 0.319 e. The monoisotopic (exact) mass is 479 g/mol. The van der Waals surface area contributed by atoms with Crippen molar-refractivity contribution in [3.05, 3.63) is 29.8 Å². The fourth-order valence-electron chi connectivity index (χ4n) is 5.68. The van der Waals surface area contributed by atoms with E-state index in [1.54, 1.807) is 6.08 Å². The minimum absolute atomic E-state index is 0.0139. The van der Waals surface area contributed by atoms with Crippen LogP contribution in [-0.4, -0.2) is 75.1 Å². The van der Waals surface area contributed by atoms with Crippen LogP contribution in [0, 0.1) is 5.82 Å². The number of rotatable bonds is 6. The fraction of sp³-hybridized carbons (Fsp3) is 0.609. The number of hydrogen-bond acceptors (Lipinski definition) is 7. The van der Waals surface area contributed by atoms with Crippen LogP contribution in [0.5, 0.6) is 6.01 Å². The number of pyridine rings is 1. The molecule has 33 heavy (non-hydrogen) atoms. The third kappa shape index (κ3) is 4.15. The van der Waals surface area contributed by atoms with Crippen LogP contribution in [0.3, 0.4) is 0 Å². The van der Waals surface area contributed by atoms with Gasteiger partial charge in [0, 0.05) is 32.3 Å². The summed E-state index contributed by atoms with van der Waals surface area (Å²) in [5.41, 5.74) is -1.30. The van der Waals surface area contributed by atoms with Crippen molar-refractivity contribution in [3.63, 3.8) is 0 Å². The van der Waals surface area contributed by atoms with Gasteiger partial charge in [0.25, 0.3) is 0 Å². The van der Waals surface area contributed by atoms with Crippen LogP contribution in [0.15, 0.2) is 18.9 Å². The Kier molecular flexibility index (Phi) is 5.91. The molecule has 0 aromatic carbocycles. The predicted octanol–water partition coefficient (Wildman–Crippen LogP) is 3.68. The van der Waals surface area contributed by atoms with E-state index in [-0.39, 0.29) is 28.8 Å². The number of piperidine rings is 1. The van der Waals surface area contributed by atoms with Gasteiger partial charge in [0.2, 0.25) is 0 Å². The summed E-state index contributed by atoms with van der Waals surface area (Å²) < 4.78 is 35.1. The molecule has 1 N–H and O–H groups in total. The zero-order valence-corrected chi connectivity index (χ0v) is 19.2. The molecular formula is C23H28ClF2N5O2. The van der Waals surface area contributed by atoms with E-state index >= 15 is 0 Å². The molecule has 0 aliphatic carbocycles. The molecule has 3 atom stereocenters. The fourth-order valence-corrected chi connectivity index (χ4v) is 5.82. The quantitative estimate of drug-likeness (QED) is 0.500.